The molecule has 6 heteroatoms. The van der Waals surface area contributed by atoms with Crippen LogP contribution >= 0.6 is 0 Å². The number of nitrogens with one attached hydrogen (secondary N) is 1. The van der Waals surface area contributed by atoms with Gasteiger partial charge in [-0.05, 0) is 55.3 Å². The lowest BCUT2D eigenvalue weighted by Gasteiger charge is -2.11. The van der Waals surface area contributed by atoms with Crippen molar-refractivity contribution in [3.63, 3.8) is 0 Å². The fraction of sp³-hybridized carbons (Fsp3) is 0.200. The Morgan fingerprint density at radius 1 is 1.04 bits per heavy atom. The smallest absolute Gasteiger partial charge is 0.350 e. The molecule has 0 aliphatic carbocycles. The van der Waals surface area contributed by atoms with Crippen molar-refractivity contribution < 1.29 is 18.0 Å². The van der Waals surface area contributed by atoms with E-state index in [1.165, 1.54) is 12.1 Å². The highest BCUT2D eigenvalue weighted by molar-refractivity contribution is 6.01. The molecule has 3 aromatic rings. The van der Waals surface area contributed by atoms with Gasteiger partial charge in [-0.3, -0.25) is 9.78 Å². The van der Waals surface area contributed by atoms with Crippen molar-refractivity contribution in [2.24, 2.45) is 0 Å². The van der Waals surface area contributed by atoms with Gasteiger partial charge in [0, 0.05) is 23.2 Å². The third-order valence-corrected chi connectivity index (χ3v) is 3.95. The molecule has 0 bridgehead atoms. The second-order valence-electron chi connectivity index (χ2n) is 6.29. The Labute approximate surface area is 148 Å². The molecule has 134 valence electrons. The lowest BCUT2D eigenvalue weighted by atomic mass is 9.99. The summed E-state index contributed by atoms with van der Waals surface area (Å²) in [6, 6.07) is 11.9. The molecule has 1 N–H and O–H groups in total. The molecule has 3 nitrogen and oxygen atoms in total. The van der Waals surface area contributed by atoms with E-state index in [2.05, 4.69) is 10.3 Å². The zero-order valence-electron chi connectivity index (χ0n) is 14.3. The molecule has 3 rings (SSSR count). The summed E-state index contributed by atoms with van der Waals surface area (Å²) in [6.45, 7) is 3.75. The Bertz CT molecular complexity index is 947. The van der Waals surface area contributed by atoms with Crippen LogP contribution in [-0.4, -0.2) is 16.9 Å². The molecule has 0 radical (unpaired) electrons. The van der Waals surface area contributed by atoms with E-state index in [4.69, 9.17) is 0 Å². The number of hydrogen-bond donors (Lipinski definition) is 1. The van der Waals surface area contributed by atoms with E-state index < -0.39 is 11.7 Å². The largest absolute Gasteiger partial charge is 0.416 e. The Morgan fingerprint density at radius 3 is 2.35 bits per heavy atom. The molecule has 0 spiro atoms. The van der Waals surface area contributed by atoms with Crippen molar-refractivity contribution in [2.75, 3.05) is 0 Å². The molecule has 0 saturated carbocycles. The molecule has 0 atom stereocenters. The summed E-state index contributed by atoms with van der Waals surface area (Å²) in [4.78, 5) is 16.4. The standard InChI is InChI=1S/C20H17F3N2O/c1-12(2)25-19(26)14-5-8-17-16(9-10-24-18(17)11-14)13-3-6-15(7-4-13)20(21,22)23/h3-12H,1-2H3,(H,25,26). The van der Waals surface area contributed by atoms with Gasteiger partial charge in [0.2, 0.25) is 0 Å². The zero-order valence-corrected chi connectivity index (χ0v) is 14.3. The van der Waals surface area contributed by atoms with Crippen LogP contribution in [0.3, 0.4) is 0 Å². The van der Waals surface area contributed by atoms with Gasteiger partial charge in [-0.15, -0.1) is 0 Å². The van der Waals surface area contributed by atoms with Gasteiger partial charge in [0.25, 0.3) is 5.91 Å². The SMILES string of the molecule is CC(C)NC(=O)c1ccc2c(-c3ccc(C(F)(F)F)cc3)ccnc2c1. The van der Waals surface area contributed by atoms with Crippen LogP contribution in [0, 0.1) is 0 Å². The van der Waals surface area contributed by atoms with Crippen LogP contribution in [0.1, 0.15) is 29.8 Å². The number of halogens is 3. The summed E-state index contributed by atoms with van der Waals surface area (Å²) in [5.74, 6) is -0.191. The van der Waals surface area contributed by atoms with Crippen molar-refractivity contribution in [3.8, 4) is 11.1 Å². The highest BCUT2D eigenvalue weighted by atomic mass is 19.4. The van der Waals surface area contributed by atoms with E-state index in [-0.39, 0.29) is 11.9 Å². The minimum atomic E-state index is -4.36. The molecular weight excluding hydrogens is 341 g/mol. The maximum atomic E-state index is 12.7. The van der Waals surface area contributed by atoms with Gasteiger partial charge in [0.05, 0.1) is 11.1 Å². The zero-order chi connectivity index (χ0) is 18.9. The number of nitrogens with zero attached hydrogens (tertiary/aromatic N) is 1. The number of hydrogen-bond acceptors (Lipinski definition) is 2. The fourth-order valence-corrected chi connectivity index (χ4v) is 2.73. The second kappa shape index (κ2) is 6.78. The highest BCUT2D eigenvalue weighted by Crippen LogP contribution is 2.33. The summed E-state index contributed by atoms with van der Waals surface area (Å²) in [6.07, 6.45) is -2.78. The van der Waals surface area contributed by atoms with Crippen LogP contribution in [-0.2, 0) is 6.18 Å². The maximum absolute atomic E-state index is 12.7. The van der Waals surface area contributed by atoms with Crippen LogP contribution in [0.25, 0.3) is 22.0 Å². The molecular formula is C20H17F3N2O. The number of carbonyl (C=O) groups is 1. The van der Waals surface area contributed by atoms with Crippen molar-refractivity contribution in [3.05, 3.63) is 65.9 Å². The van der Waals surface area contributed by atoms with E-state index >= 15 is 0 Å². The molecule has 0 unspecified atom stereocenters. The Morgan fingerprint density at radius 2 is 1.73 bits per heavy atom. The van der Waals surface area contributed by atoms with Crippen LogP contribution in [0.5, 0.6) is 0 Å². The topological polar surface area (TPSA) is 42.0 Å². The Hall–Kier alpha value is -2.89. The molecule has 1 heterocycles. The molecule has 1 aromatic heterocycles. The van der Waals surface area contributed by atoms with Crippen LogP contribution in [0.2, 0.25) is 0 Å². The van der Waals surface area contributed by atoms with E-state index in [0.29, 0.717) is 16.6 Å². The number of aromatic nitrogens is 1. The predicted octanol–water partition coefficient (Wildman–Crippen LogP) is 5.06. The van der Waals surface area contributed by atoms with Crippen LogP contribution in [0.15, 0.2) is 54.7 Å². The van der Waals surface area contributed by atoms with Crippen LogP contribution < -0.4 is 5.32 Å². The van der Waals surface area contributed by atoms with E-state index in [1.54, 1.807) is 30.5 Å². The summed E-state index contributed by atoms with van der Waals surface area (Å²) in [5, 5.41) is 3.59. The minimum Gasteiger partial charge on any atom is -0.350 e. The minimum absolute atomic E-state index is 0.0182. The first kappa shape index (κ1) is 17.9. The lowest BCUT2D eigenvalue weighted by molar-refractivity contribution is -0.137. The van der Waals surface area contributed by atoms with Gasteiger partial charge in [-0.1, -0.05) is 18.2 Å². The fourth-order valence-electron chi connectivity index (χ4n) is 2.73. The molecule has 26 heavy (non-hydrogen) atoms. The van der Waals surface area contributed by atoms with Crippen LogP contribution in [0.4, 0.5) is 13.2 Å². The van der Waals surface area contributed by atoms with Crippen molar-refractivity contribution >= 4 is 16.8 Å². The van der Waals surface area contributed by atoms with E-state index in [1.807, 2.05) is 13.8 Å². The number of fused-ring (bicyclic) bond motifs is 1. The quantitative estimate of drug-likeness (QED) is 0.711. The normalized spacial score (nSPS) is 11.8. The van der Waals surface area contributed by atoms with Crippen molar-refractivity contribution in [1.82, 2.24) is 10.3 Å². The number of rotatable bonds is 3. The molecule has 1 amide bonds. The monoisotopic (exact) mass is 358 g/mol. The molecule has 2 aromatic carbocycles. The van der Waals surface area contributed by atoms with Gasteiger partial charge < -0.3 is 5.32 Å². The average Bonchev–Trinajstić information content (AvgIpc) is 2.59. The van der Waals surface area contributed by atoms with Crippen molar-refractivity contribution in [2.45, 2.75) is 26.1 Å². The first-order chi connectivity index (χ1) is 12.3. The summed E-state index contributed by atoms with van der Waals surface area (Å²) < 4.78 is 38.2. The second-order valence-corrected chi connectivity index (χ2v) is 6.29. The lowest BCUT2D eigenvalue weighted by Crippen LogP contribution is -2.30. The number of amides is 1. The van der Waals surface area contributed by atoms with Crippen molar-refractivity contribution in [1.29, 1.82) is 0 Å². The predicted molar refractivity (Wildman–Crippen MR) is 94.8 cm³/mol. The molecule has 0 aliphatic heterocycles. The summed E-state index contributed by atoms with van der Waals surface area (Å²) in [5.41, 5.74) is 1.83. The van der Waals surface area contributed by atoms with E-state index in [9.17, 15) is 18.0 Å². The van der Waals surface area contributed by atoms with Gasteiger partial charge in [-0.2, -0.15) is 13.2 Å². The molecule has 0 saturated heterocycles. The third-order valence-electron chi connectivity index (χ3n) is 3.95. The van der Waals surface area contributed by atoms with Gasteiger partial charge in [0.15, 0.2) is 0 Å². The summed E-state index contributed by atoms with van der Waals surface area (Å²) in [7, 11) is 0. The molecule has 0 fully saturated rings. The maximum Gasteiger partial charge on any atom is 0.416 e. The van der Waals surface area contributed by atoms with E-state index in [0.717, 1.165) is 23.1 Å². The summed E-state index contributed by atoms with van der Waals surface area (Å²) >= 11 is 0. The number of pyridine rings is 1. The highest BCUT2D eigenvalue weighted by Gasteiger charge is 2.30. The number of alkyl halides is 3. The first-order valence-corrected chi connectivity index (χ1v) is 8.13. The van der Waals surface area contributed by atoms with Gasteiger partial charge in [-0.25, -0.2) is 0 Å². The average molecular weight is 358 g/mol. The number of carbonyl (C=O) groups excluding carboxylic acids is 1. The Balaban J connectivity index is 2.01. The van der Waals surface area contributed by atoms with Gasteiger partial charge >= 0.3 is 6.18 Å². The Kier molecular flexibility index (Phi) is 4.68. The number of benzene rings is 2. The first-order valence-electron chi connectivity index (χ1n) is 8.13. The third kappa shape index (κ3) is 3.69. The molecule has 0 aliphatic rings. The van der Waals surface area contributed by atoms with Gasteiger partial charge in [0.1, 0.15) is 0 Å².